The number of carboxylic acids is 2. The number of carboxylic acid groups (broad SMARTS) is 2. The molecular formula is C32H26Br2N2O6Sn. The van der Waals surface area contributed by atoms with Crippen molar-refractivity contribution in [1.29, 1.82) is 0 Å². The quantitative estimate of drug-likeness (QED) is 0.139. The van der Waals surface area contributed by atoms with E-state index in [2.05, 4.69) is 103 Å². The summed E-state index contributed by atoms with van der Waals surface area (Å²) in [6.45, 7) is 0. The van der Waals surface area contributed by atoms with Crippen LogP contribution >= 0.6 is 31.9 Å². The molecule has 4 aromatic carbocycles. The van der Waals surface area contributed by atoms with Gasteiger partial charge in [0.25, 0.3) is 0 Å². The van der Waals surface area contributed by atoms with Crippen LogP contribution in [0.4, 0.5) is 11.4 Å². The van der Waals surface area contributed by atoms with E-state index in [9.17, 15) is 19.2 Å². The molecule has 4 rings (SSSR count). The molecule has 2 amide bonds. The number of hydrogen-bond acceptors (Lipinski definition) is 4. The Balaban J connectivity index is 0.000000226. The second-order valence-electron chi connectivity index (χ2n) is 8.19. The third-order valence-corrected chi connectivity index (χ3v) is 9.42. The van der Waals surface area contributed by atoms with Crippen LogP contribution in [-0.4, -0.2) is 55.1 Å². The van der Waals surface area contributed by atoms with Crippen LogP contribution < -0.4 is 17.8 Å². The molecule has 43 heavy (non-hydrogen) atoms. The van der Waals surface area contributed by atoms with Gasteiger partial charge in [-0.25, -0.2) is 9.59 Å². The van der Waals surface area contributed by atoms with Crippen LogP contribution in [0.5, 0.6) is 0 Å². The summed E-state index contributed by atoms with van der Waals surface area (Å²) in [6, 6.07) is 35.5. The second-order valence-corrected chi connectivity index (χ2v) is 14.0. The maximum atomic E-state index is 11.1. The Morgan fingerprint density at radius 2 is 0.837 bits per heavy atom. The maximum absolute atomic E-state index is 11.1. The molecule has 8 nitrogen and oxygen atoms in total. The van der Waals surface area contributed by atoms with Crippen molar-refractivity contribution in [2.75, 3.05) is 10.6 Å². The third-order valence-electron chi connectivity index (χ3n) is 4.81. The SMILES string of the molecule is O=C(O)/C=C/C(=O)Nc1ccc(Br)cc1.O=C(O)/C=C/C(=O)Nc1ccc(Br)cc1.c1cc[c]([Sn][c]2ccccc2)cc1. The molecule has 0 fully saturated rings. The van der Waals surface area contributed by atoms with Gasteiger partial charge in [0, 0.05) is 44.6 Å². The molecule has 0 aliphatic rings. The number of rotatable bonds is 8. The first-order valence-corrected chi connectivity index (χ1v) is 16.9. The molecule has 0 atom stereocenters. The molecule has 4 N–H and O–H groups in total. The van der Waals surface area contributed by atoms with Crippen LogP contribution in [0.25, 0.3) is 0 Å². The molecule has 2 radical (unpaired) electrons. The first-order chi connectivity index (χ1) is 20.6. The van der Waals surface area contributed by atoms with Gasteiger partial charge in [-0.15, -0.1) is 0 Å². The Labute approximate surface area is 276 Å². The zero-order chi connectivity index (χ0) is 31.5. The molecule has 0 spiro atoms. The predicted molar refractivity (Wildman–Crippen MR) is 177 cm³/mol. The van der Waals surface area contributed by atoms with Gasteiger partial charge >= 0.3 is 101 Å². The molecule has 0 aliphatic carbocycles. The standard InChI is InChI=1S/2C10H8BrNO3.2C6H5.Sn/c2*11-7-1-3-8(4-2-7)12-9(13)5-6-10(14)15;2*1-2-4-6-5-3-1;/h2*1-6H,(H,12,13)(H,14,15);2*1-5H;/b2*6-5+;;;. The number of halogens is 2. The molecule has 0 aliphatic heterocycles. The van der Waals surface area contributed by atoms with Crippen molar-refractivity contribution < 1.29 is 29.4 Å². The van der Waals surface area contributed by atoms with E-state index in [1.807, 2.05) is 0 Å². The van der Waals surface area contributed by atoms with Crippen molar-refractivity contribution in [2.24, 2.45) is 0 Å². The fourth-order valence-corrected chi connectivity index (χ4v) is 6.47. The Bertz CT molecular complexity index is 1410. The van der Waals surface area contributed by atoms with E-state index in [1.54, 1.807) is 48.5 Å². The number of nitrogens with one attached hydrogen (secondary N) is 2. The average Bonchev–Trinajstić information content (AvgIpc) is 2.99. The summed E-state index contributed by atoms with van der Waals surface area (Å²) < 4.78 is 4.89. The van der Waals surface area contributed by atoms with Crippen LogP contribution in [0.3, 0.4) is 0 Å². The molecule has 0 heterocycles. The number of aliphatic carboxylic acids is 2. The van der Waals surface area contributed by atoms with Crippen LogP contribution in [0.1, 0.15) is 0 Å². The van der Waals surface area contributed by atoms with Gasteiger partial charge in [0.15, 0.2) is 0 Å². The van der Waals surface area contributed by atoms with Gasteiger partial charge in [-0.3, -0.25) is 9.59 Å². The fourth-order valence-electron chi connectivity index (χ4n) is 2.94. The minimum absolute atomic E-state index is 0.472. The molecule has 0 saturated carbocycles. The fraction of sp³-hybridized carbons (Fsp3) is 0. The summed E-state index contributed by atoms with van der Waals surface area (Å²) >= 11 is 6.00. The second kappa shape index (κ2) is 20.0. The number of amides is 2. The summed E-state index contributed by atoms with van der Waals surface area (Å²) in [4.78, 5) is 42.5. The van der Waals surface area contributed by atoms with E-state index < -0.39 is 44.9 Å². The van der Waals surface area contributed by atoms with Gasteiger partial charge in [0.05, 0.1) is 0 Å². The summed E-state index contributed by atoms with van der Waals surface area (Å²) in [6.07, 6.45) is 3.50. The molecular weight excluding hydrogens is 787 g/mol. The summed E-state index contributed by atoms with van der Waals surface area (Å²) in [5, 5.41) is 21.6. The molecule has 0 saturated heterocycles. The van der Waals surface area contributed by atoms with Crippen molar-refractivity contribution >= 4 is 95.3 Å². The predicted octanol–water partition coefficient (Wildman–Crippen LogP) is 5.40. The minimum atomic E-state index is -1.15. The molecule has 218 valence electrons. The van der Waals surface area contributed by atoms with Gasteiger partial charge in [-0.2, -0.15) is 0 Å². The molecule has 0 bridgehead atoms. The van der Waals surface area contributed by atoms with Crippen LogP contribution in [0, 0.1) is 0 Å². The Morgan fingerprint density at radius 3 is 1.14 bits per heavy atom. The number of carbonyl (C=O) groups excluding carboxylic acids is 2. The van der Waals surface area contributed by atoms with Crippen LogP contribution in [0.2, 0.25) is 0 Å². The molecule has 11 heteroatoms. The zero-order valence-electron chi connectivity index (χ0n) is 22.5. The van der Waals surface area contributed by atoms with E-state index in [0.29, 0.717) is 11.4 Å². The van der Waals surface area contributed by atoms with E-state index in [1.165, 1.54) is 7.16 Å². The normalized spacial score (nSPS) is 10.1. The Morgan fingerprint density at radius 1 is 0.512 bits per heavy atom. The van der Waals surface area contributed by atoms with Crippen molar-refractivity contribution in [1.82, 2.24) is 0 Å². The Hall–Kier alpha value is -4.00. The summed E-state index contributed by atoms with van der Waals surface area (Å²) in [5.41, 5.74) is 1.22. The van der Waals surface area contributed by atoms with Gasteiger partial charge in [-0.05, 0) is 48.5 Å². The molecule has 0 aromatic heterocycles. The van der Waals surface area contributed by atoms with Crippen molar-refractivity contribution in [3.8, 4) is 0 Å². The van der Waals surface area contributed by atoms with Crippen molar-refractivity contribution in [2.45, 2.75) is 0 Å². The van der Waals surface area contributed by atoms with E-state index in [-0.39, 0.29) is 0 Å². The first kappa shape index (κ1) is 35.2. The molecule has 4 aromatic rings. The van der Waals surface area contributed by atoms with E-state index >= 15 is 0 Å². The van der Waals surface area contributed by atoms with Gasteiger partial charge in [0.1, 0.15) is 0 Å². The van der Waals surface area contributed by atoms with Crippen LogP contribution in [-0.2, 0) is 19.2 Å². The summed E-state index contributed by atoms with van der Waals surface area (Å²) in [7, 11) is 0. The molecule has 0 unspecified atom stereocenters. The topological polar surface area (TPSA) is 133 Å². The van der Waals surface area contributed by atoms with E-state index in [4.69, 9.17) is 10.2 Å². The van der Waals surface area contributed by atoms with Crippen LogP contribution in [0.15, 0.2) is 142 Å². The summed E-state index contributed by atoms with van der Waals surface area (Å²) in [5.74, 6) is -3.25. The third kappa shape index (κ3) is 16.9. The van der Waals surface area contributed by atoms with E-state index in [0.717, 1.165) is 33.2 Å². The van der Waals surface area contributed by atoms with Crippen molar-refractivity contribution in [3.05, 3.63) is 142 Å². The number of anilines is 2. The average molecular weight is 813 g/mol. The first-order valence-electron chi connectivity index (χ1n) is 12.4. The Kier molecular flexibility index (Phi) is 16.4. The van der Waals surface area contributed by atoms with Gasteiger partial charge in [-0.1, -0.05) is 31.9 Å². The zero-order valence-corrected chi connectivity index (χ0v) is 28.5. The number of benzene rings is 4. The van der Waals surface area contributed by atoms with Gasteiger partial charge < -0.3 is 20.8 Å². The van der Waals surface area contributed by atoms with Crippen molar-refractivity contribution in [3.63, 3.8) is 0 Å². The van der Waals surface area contributed by atoms with Gasteiger partial charge in [0.2, 0.25) is 11.8 Å². The number of hydrogen-bond donors (Lipinski definition) is 4. The monoisotopic (exact) mass is 812 g/mol. The number of carbonyl (C=O) groups is 4.